The number of hydrogen-bond acceptors (Lipinski definition) is 3. The van der Waals surface area contributed by atoms with E-state index in [4.69, 9.17) is 0 Å². The third-order valence-electron chi connectivity index (χ3n) is 4.25. The van der Waals surface area contributed by atoms with Crippen molar-refractivity contribution in [3.8, 4) is 0 Å². The number of hydrogen-bond donors (Lipinski definition) is 1. The number of thiophene rings is 1. The van der Waals surface area contributed by atoms with Gasteiger partial charge in [0.2, 0.25) is 0 Å². The Balaban J connectivity index is 1.54. The number of nitrogens with one attached hydrogen (secondary N) is 1. The van der Waals surface area contributed by atoms with Gasteiger partial charge in [-0.2, -0.15) is 0 Å². The van der Waals surface area contributed by atoms with Crippen molar-refractivity contribution in [3.05, 3.63) is 82.0 Å². The Bertz CT molecular complexity index is 920. The normalized spacial score (nSPS) is 12.7. The van der Waals surface area contributed by atoms with Gasteiger partial charge < -0.3 is 10.2 Å². The van der Waals surface area contributed by atoms with Crippen molar-refractivity contribution in [1.82, 2.24) is 0 Å². The van der Waals surface area contributed by atoms with Crippen molar-refractivity contribution >= 4 is 34.5 Å². The number of carbonyl (C=O) groups excluding carboxylic acids is 2. The van der Waals surface area contributed by atoms with Crippen LogP contribution in [0.25, 0.3) is 0 Å². The van der Waals surface area contributed by atoms with Crippen molar-refractivity contribution in [2.45, 2.75) is 6.42 Å². The van der Waals surface area contributed by atoms with Crippen LogP contribution >= 0.6 is 11.3 Å². The van der Waals surface area contributed by atoms with Gasteiger partial charge in [0.05, 0.1) is 4.88 Å². The van der Waals surface area contributed by atoms with E-state index < -0.39 is 0 Å². The number of rotatable bonds is 3. The van der Waals surface area contributed by atoms with Gasteiger partial charge in [0.15, 0.2) is 0 Å². The van der Waals surface area contributed by atoms with Crippen LogP contribution in [-0.4, -0.2) is 18.4 Å². The van der Waals surface area contributed by atoms with Gasteiger partial charge >= 0.3 is 0 Å². The molecule has 2 heterocycles. The van der Waals surface area contributed by atoms with Gasteiger partial charge in [0, 0.05) is 23.5 Å². The smallest absolute Gasteiger partial charge is 0.268 e. The van der Waals surface area contributed by atoms with E-state index in [0.717, 1.165) is 28.2 Å². The van der Waals surface area contributed by atoms with E-state index in [9.17, 15) is 9.59 Å². The van der Waals surface area contributed by atoms with Crippen LogP contribution < -0.4 is 10.2 Å². The quantitative estimate of drug-likeness (QED) is 0.771. The Morgan fingerprint density at radius 2 is 1.84 bits per heavy atom. The highest BCUT2D eigenvalue weighted by Crippen LogP contribution is 2.32. The minimum Gasteiger partial charge on any atom is -0.322 e. The molecule has 0 bridgehead atoms. The summed E-state index contributed by atoms with van der Waals surface area (Å²) in [4.78, 5) is 27.4. The molecule has 5 heteroatoms. The summed E-state index contributed by atoms with van der Waals surface area (Å²) >= 11 is 1.45. The zero-order valence-corrected chi connectivity index (χ0v) is 14.3. The van der Waals surface area contributed by atoms with Crippen molar-refractivity contribution in [3.63, 3.8) is 0 Å². The van der Waals surface area contributed by atoms with Crippen molar-refractivity contribution in [1.29, 1.82) is 0 Å². The van der Waals surface area contributed by atoms with Crippen LogP contribution in [0.4, 0.5) is 11.4 Å². The number of anilines is 2. The van der Waals surface area contributed by atoms with Crippen LogP contribution in [0.5, 0.6) is 0 Å². The van der Waals surface area contributed by atoms with Crippen LogP contribution in [0.2, 0.25) is 0 Å². The summed E-state index contributed by atoms with van der Waals surface area (Å²) in [6.45, 7) is 0.669. The molecule has 124 valence electrons. The predicted octanol–water partition coefficient (Wildman–Crippen LogP) is 4.20. The first-order valence-electron chi connectivity index (χ1n) is 8.07. The minimum atomic E-state index is -0.134. The molecule has 1 aromatic heterocycles. The van der Waals surface area contributed by atoms with Gasteiger partial charge in [0.25, 0.3) is 11.8 Å². The average molecular weight is 348 g/mol. The largest absolute Gasteiger partial charge is 0.322 e. The molecule has 0 spiro atoms. The molecule has 0 saturated heterocycles. The lowest BCUT2D eigenvalue weighted by atomic mass is 10.1. The SMILES string of the molecule is O=C(Nc1ccc2c(c1)CCN2C(=O)c1cccs1)c1ccccc1. The van der Waals surface area contributed by atoms with Gasteiger partial charge in [-0.15, -0.1) is 11.3 Å². The molecule has 0 unspecified atom stereocenters. The summed E-state index contributed by atoms with van der Waals surface area (Å²) in [5.74, 6) is -0.0973. The molecule has 0 saturated carbocycles. The van der Waals surface area contributed by atoms with Gasteiger partial charge in [-0.05, 0) is 53.8 Å². The maximum Gasteiger partial charge on any atom is 0.268 e. The highest BCUT2D eigenvalue weighted by atomic mass is 32.1. The fourth-order valence-electron chi connectivity index (χ4n) is 3.02. The molecule has 2 amide bonds. The fraction of sp³-hybridized carbons (Fsp3) is 0.100. The highest BCUT2D eigenvalue weighted by molar-refractivity contribution is 7.12. The Kier molecular flexibility index (Phi) is 4.07. The van der Waals surface area contributed by atoms with Gasteiger partial charge in [-0.3, -0.25) is 9.59 Å². The van der Waals surface area contributed by atoms with Crippen LogP contribution in [0.15, 0.2) is 66.0 Å². The van der Waals surface area contributed by atoms with Crippen LogP contribution in [0, 0.1) is 0 Å². The molecule has 4 nitrogen and oxygen atoms in total. The molecule has 1 N–H and O–H groups in total. The zero-order valence-electron chi connectivity index (χ0n) is 13.4. The van der Waals surface area contributed by atoms with E-state index in [0.29, 0.717) is 12.1 Å². The lowest BCUT2D eigenvalue weighted by molar-refractivity contribution is 0.0991. The summed E-state index contributed by atoms with van der Waals surface area (Å²) in [5, 5.41) is 4.83. The zero-order chi connectivity index (χ0) is 17.2. The van der Waals surface area contributed by atoms with Crippen LogP contribution in [0.1, 0.15) is 25.6 Å². The van der Waals surface area contributed by atoms with E-state index in [-0.39, 0.29) is 11.8 Å². The maximum absolute atomic E-state index is 12.6. The minimum absolute atomic E-state index is 0.0369. The fourth-order valence-corrected chi connectivity index (χ4v) is 3.69. The topological polar surface area (TPSA) is 49.4 Å². The summed E-state index contributed by atoms with van der Waals surface area (Å²) < 4.78 is 0. The van der Waals surface area contributed by atoms with E-state index in [1.807, 2.05) is 58.8 Å². The summed E-state index contributed by atoms with van der Waals surface area (Å²) in [7, 11) is 0. The molecular weight excluding hydrogens is 332 g/mol. The monoisotopic (exact) mass is 348 g/mol. The molecule has 2 aromatic carbocycles. The van der Waals surface area contributed by atoms with Crippen molar-refractivity contribution < 1.29 is 9.59 Å². The number of amides is 2. The summed E-state index contributed by atoms with van der Waals surface area (Å²) in [6.07, 6.45) is 0.793. The van der Waals surface area contributed by atoms with Crippen LogP contribution in [-0.2, 0) is 6.42 Å². The average Bonchev–Trinajstić information content (AvgIpc) is 3.31. The molecule has 3 aromatic rings. The first-order valence-corrected chi connectivity index (χ1v) is 8.95. The molecule has 0 aliphatic carbocycles. The molecule has 0 atom stereocenters. The van der Waals surface area contributed by atoms with Gasteiger partial charge in [0.1, 0.15) is 0 Å². The number of fused-ring (bicyclic) bond motifs is 1. The summed E-state index contributed by atoms with van der Waals surface area (Å²) in [5.41, 5.74) is 3.38. The van der Waals surface area contributed by atoms with Crippen molar-refractivity contribution in [2.75, 3.05) is 16.8 Å². The molecule has 1 aliphatic rings. The highest BCUT2D eigenvalue weighted by Gasteiger charge is 2.26. The van der Waals surface area contributed by atoms with E-state index in [2.05, 4.69) is 5.32 Å². The second-order valence-corrected chi connectivity index (χ2v) is 6.80. The first-order chi connectivity index (χ1) is 12.2. The number of benzene rings is 2. The van der Waals surface area contributed by atoms with E-state index in [1.54, 1.807) is 12.1 Å². The second kappa shape index (κ2) is 6.53. The van der Waals surface area contributed by atoms with Gasteiger partial charge in [-0.1, -0.05) is 24.3 Å². The Morgan fingerprint density at radius 1 is 1.00 bits per heavy atom. The molecule has 0 radical (unpaired) electrons. The number of nitrogens with zero attached hydrogens (tertiary/aromatic N) is 1. The molecule has 4 rings (SSSR count). The van der Waals surface area contributed by atoms with E-state index in [1.165, 1.54) is 11.3 Å². The Hall–Kier alpha value is -2.92. The lowest BCUT2D eigenvalue weighted by Crippen LogP contribution is -2.28. The molecule has 1 aliphatic heterocycles. The number of carbonyl (C=O) groups is 2. The standard InChI is InChI=1S/C20H16N2O2S/c23-19(14-5-2-1-3-6-14)21-16-8-9-17-15(13-16)10-11-22(17)20(24)18-7-4-12-25-18/h1-9,12-13H,10-11H2,(H,21,23). The van der Waals surface area contributed by atoms with Gasteiger partial charge in [-0.25, -0.2) is 0 Å². The maximum atomic E-state index is 12.6. The third kappa shape index (κ3) is 3.06. The summed E-state index contributed by atoms with van der Waals surface area (Å²) in [6, 6.07) is 18.6. The molecular formula is C20H16N2O2S. The second-order valence-electron chi connectivity index (χ2n) is 5.85. The lowest BCUT2D eigenvalue weighted by Gasteiger charge is -2.16. The van der Waals surface area contributed by atoms with Crippen molar-refractivity contribution in [2.24, 2.45) is 0 Å². The molecule has 25 heavy (non-hydrogen) atoms. The Labute approximate surface area is 149 Å². The Morgan fingerprint density at radius 3 is 2.60 bits per heavy atom. The third-order valence-corrected chi connectivity index (χ3v) is 5.10. The first kappa shape index (κ1) is 15.6. The van der Waals surface area contributed by atoms with E-state index >= 15 is 0 Å². The predicted molar refractivity (Wildman–Crippen MR) is 101 cm³/mol. The van der Waals surface area contributed by atoms with Crippen LogP contribution in [0.3, 0.4) is 0 Å². The molecule has 0 fully saturated rings.